The Bertz CT molecular complexity index is 472. The van der Waals surface area contributed by atoms with E-state index in [-0.39, 0.29) is 17.7 Å². The van der Waals surface area contributed by atoms with Gasteiger partial charge in [0, 0.05) is 46.8 Å². The Hall–Kier alpha value is -1.40. The molecule has 2 atom stereocenters. The maximum Gasteiger partial charge on any atom is 0.224 e. The molecule has 0 spiro atoms. The first-order valence-corrected chi connectivity index (χ1v) is 6.97. The molecular formula is C14H24N4O2. The van der Waals surface area contributed by atoms with Crippen LogP contribution in [0.4, 0.5) is 0 Å². The van der Waals surface area contributed by atoms with Crippen LogP contribution in [-0.4, -0.2) is 54.4 Å². The largest absolute Gasteiger partial charge is 0.384 e. The number of nitrogens with zero attached hydrogens (tertiary/aromatic N) is 3. The number of ether oxygens (including phenoxy) is 1. The van der Waals surface area contributed by atoms with Crippen molar-refractivity contribution in [1.29, 1.82) is 0 Å². The number of nitrogens with one attached hydrogen (secondary N) is 1. The van der Waals surface area contributed by atoms with E-state index in [0.717, 1.165) is 25.3 Å². The highest BCUT2D eigenvalue weighted by Gasteiger charge is 2.37. The van der Waals surface area contributed by atoms with E-state index in [2.05, 4.69) is 21.4 Å². The molecule has 20 heavy (non-hydrogen) atoms. The molecule has 1 saturated heterocycles. The Labute approximate surface area is 120 Å². The Kier molecular flexibility index (Phi) is 4.77. The van der Waals surface area contributed by atoms with Crippen LogP contribution in [0.1, 0.15) is 11.4 Å². The molecule has 1 aromatic rings. The van der Waals surface area contributed by atoms with Crippen LogP contribution < -0.4 is 5.32 Å². The molecular weight excluding hydrogens is 256 g/mol. The van der Waals surface area contributed by atoms with E-state index in [1.165, 1.54) is 5.69 Å². The summed E-state index contributed by atoms with van der Waals surface area (Å²) in [5, 5.41) is 7.12. The fourth-order valence-electron chi connectivity index (χ4n) is 3.00. The van der Waals surface area contributed by atoms with E-state index in [1.54, 1.807) is 14.2 Å². The van der Waals surface area contributed by atoms with Gasteiger partial charge in [-0.05, 0) is 13.0 Å². The monoisotopic (exact) mass is 280 g/mol. The van der Waals surface area contributed by atoms with E-state index in [1.807, 2.05) is 18.7 Å². The van der Waals surface area contributed by atoms with Gasteiger partial charge in [-0.15, -0.1) is 0 Å². The summed E-state index contributed by atoms with van der Waals surface area (Å²) in [6.45, 7) is 5.10. The van der Waals surface area contributed by atoms with Crippen molar-refractivity contribution in [3.05, 3.63) is 17.5 Å². The molecule has 2 heterocycles. The van der Waals surface area contributed by atoms with Crippen LogP contribution in [0.2, 0.25) is 0 Å². The normalized spacial score (nSPS) is 23.2. The number of carbonyl (C=O) groups is 1. The van der Waals surface area contributed by atoms with Gasteiger partial charge in [0.15, 0.2) is 0 Å². The number of methoxy groups -OCH3 is 1. The standard InChI is InChI=1S/C14H24N4O2/c1-10-5-12(17(3)16-10)7-18-6-11(9-20-4)13(8-18)14(19)15-2/h5,11,13H,6-9H2,1-4H3,(H,15,19)/t11-,13+/m0/s1. The Morgan fingerprint density at radius 1 is 1.55 bits per heavy atom. The first-order valence-electron chi connectivity index (χ1n) is 6.97. The maximum atomic E-state index is 12.0. The van der Waals surface area contributed by atoms with Gasteiger partial charge in [0.2, 0.25) is 5.91 Å². The van der Waals surface area contributed by atoms with Crippen LogP contribution in [0.5, 0.6) is 0 Å². The van der Waals surface area contributed by atoms with E-state index < -0.39 is 0 Å². The summed E-state index contributed by atoms with van der Waals surface area (Å²) in [4.78, 5) is 14.3. The van der Waals surface area contributed by atoms with Gasteiger partial charge < -0.3 is 10.1 Å². The molecule has 1 aromatic heterocycles. The summed E-state index contributed by atoms with van der Waals surface area (Å²) >= 11 is 0. The third kappa shape index (κ3) is 3.19. The number of hydrogen-bond donors (Lipinski definition) is 1. The van der Waals surface area contributed by atoms with Gasteiger partial charge in [0.1, 0.15) is 0 Å². The van der Waals surface area contributed by atoms with Crippen LogP contribution in [0, 0.1) is 18.8 Å². The molecule has 0 saturated carbocycles. The predicted octanol–water partition coefficient (Wildman–Crippen LogP) is 0.169. The first kappa shape index (κ1) is 15.0. The van der Waals surface area contributed by atoms with Crippen LogP contribution in [0.15, 0.2) is 6.07 Å². The lowest BCUT2D eigenvalue weighted by molar-refractivity contribution is -0.125. The van der Waals surface area contributed by atoms with Crippen molar-refractivity contribution in [2.75, 3.05) is 33.9 Å². The highest BCUT2D eigenvalue weighted by Crippen LogP contribution is 2.25. The fraction of sp³-hybridized carbons (Fsp3) is 0.714. The lowest BCUT2D eigenvalue weighted by atomic mass is 9.96. The van der Waals surface area contributed by atoms with Gasteiger partial charge in [-0.1, -0.05) is 0 Å². The van der Waals surface area contributed by atoms with Gasteiger partial charge in [-0.3, -0.25) is 14.4 Å². The highest BCUT2D eigenvalue weighted by molar-refractivity contribution is 5.79. The number of amides is 1. The molecule has 0 aromatic carbocycles. The highest BCUT2D eigenvalue weighted by atomic mass is 16.5. The average molecular weight is 280 g/mol. The Morgan fingerprint density at radius 3 is 2.85 bits per heavy atom. The third-order valence-corrected chi connectivity index (χ3v) is 3.97. The molecule has 2 rings (SSSR count). The van der Waals surface area contributed by atoms with Gasteiger partial charge >= 0.3 is 0 Å². The van der Waals surface area contributed by atoms with Crippen molar-refractivity contribution in [2.24, 2.45) is 18.9 Å². The van der Waals surface area contributed by atoms with Gasteiger partial charge in [-0.2, -0.15) is 5.10 Å². The average Bonchev–Trinajstić information content (AvgIpc) is 2.93. The summed E-state index contributed by atoms with van der Waals surface area (Å²) in [5.41, 5.74) is 2.20. The molecule has 1 aliphatic rings. The van der Waals surface area contributed by atoms with Gasteiger partial charge in [0.25, 0.3) is 0 Å². The minimum Gasteiger partial charge on any atom is -0.384 e. The minimum atomic E-state index is 0.00859. The van der Waals surface area contributed by atoms with Crippen molar-refractivity contribution in [1.82, 2.24) is 20.0 Å². The molecule has 1 fully saturated rings. The summed E-state index contributed by atoms with van der Waals surface area (Å²) < 4.78 is 7.16. The Balaban J connectivity index is 2.04. The van der Waals surface area contributed by atoms with Crippen molar-refractivity contribution in [3.8, 4) is 0 Å². The van der Waals surface area contributed by atoms with Gasteiger partial charge in [0.05, 0.1) is 23.9 Å². The molecule has 1 amide bonds. The van der Waals surface area contributed by atoms with Crippen molar-refractivity contribution in [2.45, 2.75) is 13.5 Å². The third-order valence-electron chi connectivity index (χ3n) is 3.97. The number of aryl methyl sites for hydroxylation is 2. The van der Waals surface area contributed by atoms with Crippen LogP contribution in [0.3, 0.4) is 0 Å². The number of likely N-dealkylation sites (tertiary alicyclic amines) is 1. The molecule has 1 N–H and O–H groups in total. The number of hydrogen-bond acceptors (Lipinski definition) is 4. The van der Waals surface area contributed by atoms with Crippen molar-refractivity contribution in [3.63, 3.8) is 0 Å². The zero-order valence-electron chi connectivity index (χ0n) is 12.7. The van der Waals surface area contributed by atoms with Crippen molar-refractivity contribution < 1.29 is 9.53 Å². The molecule has 0 aliphatic carbocycles. The summed E-state index contributed by atoms with van der Waals surface area (Å²) in [6.07, 6.45) is 0. The molecule has 0 radical (unpaired) electrons. The smallest absolute Gasteiger partial charge is 0.224 e. The van der Waals surface area contributed by atoms with E-state index >= 15 is 0 Å². The summed E-state index contributed by atoms with van der Waals surface area (Å²) in [7, 11) is 5.34. The fourth-order valence-corrected chi connectivity index (χ4v) is 3.00. The van der Waals surface area contributed by atoms with Crippen LogP contribution in [-0.2, 0) is 23.1 Å². The lowest BCUT2D eigenvalue weighted by Crippen LogP contribution is -2.34. The summed E-state index contributed by atoms with van der Waals surface area (Å²) in [5.74, 6) is 0.374. The summed E-state index contributed by atoms with van der Waals surface area (Å²) in [6, 6.07) is 2.10. The van der Waals surface area contributed by atoms with Crippen LogP contribution >= 0.6 is 0 Å². The zero-order valence-corrected chi connectivity index (χ0v) is 12.7. The number of rotatable bonds is 5. The maximum absolute atomic E-state index is 12.0. The number of aromatic nitrogens is 2. The molecule has 112 valence electrons. The quantitative estimate of drug-likeness (QED) is 0.835. The predicted molar refractivity (Wildman–Crippen MR) is 76.1 cm³/mol. The molecule has 0 unspecified atom stereocenters. The van der Waals surface area contributed by atoms with Crippen LogP contribution in [0.25, 0.3) is 0 Å². The van der Waals surface area contributed by atoms with E-state index in [4.69, 9.17) is 4.74 Å². The number of carbonyl (C=O) groups excluding carboxylic acids is 1. The molecule has 1 aliphatic heterocycles. The van der Waals surface area contributed by atoms with E-state index in [0.29, 0.717) is 6.61 Å². The lowest BCUT2D eigenvalue weighted by Gasteiger charge is -2.15. The second kappa shape index (κ2) is 6.37. The topological polar surface area (TPSA) is 59.4 Å². The SMILES string of the molecule is CNC(=O)[C@@H]1CN(Cc2cc(C)nn2C)C[C@H]1COC. The van der Waals surface area contributed by atoms with E-state index in [9.17, 15) is 4.79 Å². The second-order valence-electron chi connectivity index (χ2n) is 5.53. The Morgan fingerprint density at radius 2 is 2.30 bits per heavy atom. The van der Waals surface area contributed by atoms with Gasteiger partial charge in [-0.25, -0.2) is 0 Å². The molecule has 6 nitrogen and oxygen atoms in total. The minimum absolute atomic E-state index is 0.00859. The van der Waals surface area contributed by atoms with Crippen molar-refractivity contribution >= 4 is 5.91 Å². The first-order chi connectivity index (χ1) is 9.55. The zero-order chi connectivity index (χ0) is 14.7. The molecule has 6 heteroatoms. The molecule has 0 bridgehead atoms. The second-order valence-corrected chi connectivity index (χ2v) is 5.53.